The molecule has 1 aliphatic heterocycles. The first-order chi connectivity index (χ1) is 12.8. The van der Waals surface area contributed by atoms with E-state index in [-0.39, 0.29) is 22.4 Å². The summed E-state index contributed by atoms with van der Waals surface area (Å²) in [5, 5.41) is 4.57. The zero-order valence-electron chi connectivity index (χ0n) is 15.9. The Balaban J connectivity index is 1.45. The standard InChI is InChI=1S/C18H25N5O3S/c1-12(2)18-19-16(11-21(18)3)27(25,26)22-8-13(9-22)10-23-17(24)7-14-5-4-6-15(14)20-23/h7,11-13H,4-6,8-10H2,1-3H3. The van der Waals surface area contributed by atoms with Gasteiger partial charge < -0.3 is 4.57 Å². The number of hydrogen-bond acceptors (Lipinski definition) is 5. The van der Waals surface area contributed by atoms with E-state index in [0.29, 0.717) is 19.6 Å². The van der Waals surface area contributed by atoms with Crippen molar-refractivity contribution in [2.45, 2.75) is 50.6 Å². The first-order valence-corrected chi connectivity index (χ1v) is 10.8. The highest BCUT2D eigenvalue weighted by atomic mass is 32.2. The van der Waals surface area contributed by atoms with Gasteiger partial charge in [0.1, 0.15) is 5.82 Å². The van der Waals surface area contributed by atoms with Crippen molar-refractivity contribution in [3.8, 4) is 0 Å². The summed E-state index contributed by atoms with van der Waals surface area (Å²) in [5.41, 5.74) is 1.97. The van der Waals surface area contributed by atoms with Gasteiger partial charge in [-0.1, -0.05) is 13.8 Å². The van der Waals surface area contributed by atoms with Gasteiger partial charge in [-0.05, 0) is 24.8 Å². The van der Waals surface area contributed by atoms with E-state index < -0.39 is 10.0 Å². The van der Waals surface area contributed by atoms with Gasteiger partial charge in [-0.15, -0.1) is 0 Å². The van der Waals surface area contributed by atoms with E-state index in [1.54, 1.807) is 16.8 Å². The average Bonchev–Trinajstić information content (AvgIpc) is 3.16. The molecule has 2 aliphatic rings. The molecule has 0 spiro atoms. The molecule has 0 aromatic carbocycles. The van der Waals surface area contributed by atoms with Gasteiger partial charge in [-0.25, -0.2) is 18.1 Å². The fraction of sp³-hybridized carbons (Fsp3) is 0.611. The molecule has 2 aromatic rings. The van der Waals surface area contributed by atoms with Crippen LogP contribution in [-0.4, -0.2) is 45.1 Å². The van der Waals surface area contributed by atoms with E-state index in [0.717, 1.165) is 36.3 Å². The molecule has 146 valence electrons. The van der Waals surface area contributed by atoms with Gasteiger partial charge in [0.15, 0.2) is 5.03 Å². The SMILES string of the molecule is CC(C)c1nc(S(=O)(=O)N2CC(Cn3nc4c(cc3=O)CCC4)C2)cn1C. The average molecular weight is 391 g/mol. The Hall–Kier alpha value is -2.00. The fourth-order valence-corrected chi connectivity index (χ4v) is 5.47. The van der Waals surface area contributed by atoms with Crippen LogP contribution in [0.3, 0.4) is 0 Å². The molecule has 8 nitrogen and oxygen atoms in total. The van der Waals surface area contributed by atoms with E-state index in [9.17, 15) is 13.2 Å². The van der Waals surface area contributed by atoms with E-state index in [1.165, 1.54) is 8.99 Å². The molecule has 27 heavy (non-hydrogen) atoms. The molecule has 0 radical (unpaired) electrons. The minimum absolute atomic E-state index is 0.0942. The molecule has 2 aromatic heterocycles. The molecule has 9 heteroatoms. The first kappa shape index (κ1) is 18.4. The highest BCUT2D eigenvalue weighted by Gasteiger charge is 2.38. The lowest BCUT2D eigenvalue weighted by Gasteiger charge is -2.37. The number of fused-ring (bicyclic) bond motifs is 1. The van der Waals surface area contributed by atoms with Crippen molar-refractivity contribution in [2.24, 2.45) is 13.0 Å². The number of rotatable bonds is 5. The van der Waals surface area contributed by atoms with E-state index in [4.69, 9.17) is 0 Å². The predicted molar refractivity (Wildman–Crippen MR) is 100 cm³/mol. The van der Waals surface area contributed by atoms with Crippen LogP contribution >= 0.6 is 0 Å². The number of aromatic nitrogens is 4. The smallest absolute Gasteiger partial charge is 0.267 e. The van der Waals surface area contributed by atoms with Gasteiger partial charge >= 0.3 is 0 Å². The van der Waals surface area contributed by atoms with Gasteiger partial charge in [0.25, 0.3) is 15.6 Å². The van der Waals surface area contributed by atoms with Crippen molar-refractivity contribution in [1.29, 1.82) is 0 Å². The molecule has 0 unspecified atom stereocenters. The lowest BCUT2D eigenvalue weighted by Crippen LogP contribution is -2.52. The monoisotopic (exact) mass is 391 g/mol. The number of aryl methyl sites for hydroxylation is 3. The quantitative estimate of drug-likeness (QED) is 0.756. The van der Waals surface area contributed by atoms with Crippen molar-refractivity contribution in [2.75, 3.05) is 13.1 Å². The van der Waals surface area contributed by atoms with E-state index in [2.05, 4.69) is 10.1 Å². The van der Waals surface area contributed by atoms with Gasteiger partial charge in [-0.2, -0.15) is 9.40 Å². The topological polar surface area (TPSA) is 90.1 Å². The van der Waals surface area contributed by atoms with Crippen LogP contribution in [0, 0.1) is 5.92 Å². The highest BCUT2D eigenvalue weighted by Crippen LogP contribution is 2.27. The Morgan fingerprint density at radius 1 is 1.26 bits per heavy atom. The molecule has 0 amide bonds. The Bertz CT molecular complexity index is 1030. The van der Waals surface area contributed by atoms with Crippen molar-refractivity contribution in [3.63, 3.8) is 0 Å². The largest absolute Gasteiger partial charge is 0.336 e. The summed E-state index contributed by atoms with van der Waals surface area (Å²) in [6.45, 7) is 5.21. The predicted octanol–water partition coefficient (Wildman–Crippen LogP) is 0.910. The van der Waals surface area contributed by atoms with Crippen LogP contribution in [-0.2, 0) is 36.5 Å². The molecule has 3 heterocycles. The molecular weight excluding hydrogens is 366 g/mol. The second-order valence-electron chi connectivity index (χ2n) is 7.88. The van der Waals surface area contributed by atoms with Crippen molar-refractivity contribution in [1.82, 2.24) is 23.6 Å². The summed E-state index contributed by atoms with van der Waals surface area (Å²) < 4.78 is 30.3. The zero-order valence-corrected chi connectivity index (χ0v) is 16.7. The van der Waals surface area contributed by atoms with Crippen LogP contribution in [0.25, 0.3) is 0 Å². The van der Waals surface area contributed by atoms with E-state index in [1.807, 2.05) is 20.9 Å². The summed E-state index contributed by atoms with van der Waals surface area (Å²) in [6, 6.07) is 1.68. The maximum absolute atomic E-state index is 12.8. The highest BCUT2D eigenvalue weighted by molar-refractivity contribution is 7.89. The third-order valence-corrected chi connectivity index (χ3v) is 7.09. The minimum atomic E-state index is -3.59. The van der Waals surface area contributed by atoms with Crippen molar-refractivity contribution in [3.05, 3.63) is 39.7 Å². The van der Waals surface area contributed by atoms with Crippen molar-refractivity contribution >= 4 is 10.0 Å². The summed E-state index contributed by atoms with van der Waals surface area (Å²) in [7, 11) is -1.78. The molecule has 1 saturated heterocycles. The number of imidazole rings is 1. The van der Waals surface area contributed by atoms with Crippen LogP contribution < -0.4 is 5.56 Å². The molecule has 0 bridgehead atoms. The van der Waals surface area contributed by atoms with Crippen LogP contribution in [0.15, 0.2) is 22.1 Å². The third-order valence-electron chi connectivity index (χ3n) is 5.39. The second kappa shape index (κ2) is 6.56. The first-order valence-electron chi connectivity index (χ1n) is 9.39. The maximum atomic E-state index is 12.8. The second-order valence-corrected chi connectivity index (χ2v) is 9.77. The molecule has 1 aliphatic carbocycles. The molecule has 0 saturated carbocycles. The van der Waals surface area contributed by atoms with Gasteiger partial charge in [0.2, 0.25) is 0 Å². The minimum Gasteiger partial charge on any atom is -0.336 e. The van der Waals surface area contributed by atoms with Crippen LogP contribution in [0.5, 0.6) is 0 Å². The number of nitrogens with zero attached hydrogens (tertiary/aromatic N) is 5. The summed E-state index contributed by atoms with van der Waals surface area (Å²) in [4.78, 5) is 16.5. The van der Waals surface area contributed by atoms with Gasteiger partial charge in [-0.3, -0.25) is 4.79 Å². The van der Waals surface area contributed by atoms with Gasteiger partial charge in [0.05, 0.1) is 12.2 Å². The van der Waals surface area contributed by atoms with Crippen LogP contribution in [0.2, 0.25) is 0 Å². The Labute approximate surface area is 158 Å². The molecular formula is C18H25N5O3S. The molecule has 1 fully saturated rings. The molecule has 4 rings (SSSR count). The molecule has 0 N–H and O–H groups in total. The van der Waals surface area contributed by atoms with Gasteiger partial charge in [0, 0.05) is 44.2 Å². The normalized spacial score (nSPS) is 18.1. The number of hydrogen-bond donors (Lipinski definition) is 0. The summed E-state index contributed by atoms with van der Waals surface area (Å²) in [6.07, 6.45) is 4.46. The van der Waals surface area contributed by atoms with Crippen LogP contribution in [0.4, 0.5) is 0 Å². The maximum Gasteiger partial charge on any atom is 0.267 e. The fourth-order valence-electron chi connectivity index (χ4n) is 3.89. The van der Waals surface area contributed by atoms with E-state index >= 15 is 0 Å². The Morgan fingerprint density at radius 3 is 2.67 bits per heavy atom. The summed E-state index contributed by atoms with van der Waals surface area (Å²) >= 11 is 0. The Kier molecular flexibility index (Phi) is 4.46. The zero-order chi connectivity index (χ0) is 19.3. The summed E-state index contributed by atoms with van der Waals surface area (Å²) in [5.74, 6) is 0.998. The molecule has 0 atom stereocenters. The Morgan fingerprint density at radius 2 is 2.00 bits per heavy atom. The van der Waals surface area contributed by atoms with Crippen molar-refractivity contribution < 1.29 is 8.42 Å². The third kappa shape index (κ3) is 3.23. The van der Waals surface area contributed by atoms with Crippen LogP contribution in [0.1, 0.15) is 43.3 Å². The lowest BCUT2D eigenvalue weighted by atomic mass is 10.0. The lowest BCUT2D eigenvalue weighted by molar-refractivity contribution is 0.172. The number of sulfonamides is 1.